The standard InChI is InChI=1S/C22H25N3O3.2H2/c1-15-13-18(12-11-17-9-7-6-8-10-17)24-19(14-15)25-20(26)16(2)23-21(27)28-22(3,4)5;;/h6-10,13-14,16H,1-5H3,(H,23,27)(H,24,25,26);2*1H. The number of hydrogen-bond donors (Lipinski definition) is 2. The van der Waals surface area contributed by atoms with Crippen LogP contribution in [-0.4, -0.2) is 28.6 Å². The van der Waals surface area contributed by atoms with Crippen LogP contribution in [0.2, 0.25) is 0 Å². The van der Waals surface area contributed by atoms with Gasteiger partial charge in [-0.1, -0.05) is 24.1 Å². The molecule has 6 nitrogen and oxygen atoms in total. The molecule has 0 aliphatic rings. The number of benzene rings is 1. The van der Waals surface area contributed by atoms with E-state index in [2.05, 4.69) is 27.5 Å². The lowest BCUT2D eigenvalue weighted by Gasteiger charge is -2.21. The summed E-state index contributed by atoms with van der Waals surface area (Å²) in [5, 5.41) is 5.20. The van der Waals surface area contributed by atoms with Crippen molar-refractivity contribution in [1.82, 2.24) is 10.3 Å². The van der Waals surface area contributed by atoms with Crippen LogP contribution in [0, 0.1) is 18.8 Å². The van der Waals surface area contributed by atoms with Crippen LogP contribution in [0.1, 0.15) is 47.4 Å². The third kappa shape index (κ3) is 7.12. The molecule has 150 valence electrons. The number of nitrogens with zero attached hydrogens (tertiary/aromatic N) is 1. The van der Waals surface area contributed by atoms with Crippen LogP contribution in [-0.2, 0) is 9.53 Å². The summed E-state index contributed by atoms with van der Waals surface area (Å²) < 4.78 is 5.16. The molecule has 1 unspecified atom stereocenters. The SMILES string of the molecule is Cc1cc(C#Cc2ccccc2)nc(NC(=O)C(C)NC(=O)OC(C)(C)C)c1.[HH].[HH]. The molecule has 0 radical (unpaired) electrons. The molecule has 0 fully saturated rings. The number of carbonyl (C=O) groups is 2. The van der Waals surface area contributed by atoms with E-state index in [-0.39, 0.29) is 2.85 Å². The molecule has 1 aromatic heterocycles. The summed E-state index contributed by atoms with van der Waals surface area (Å²) in [6, 6.07) is 12.4. The van der Waals surface area contributed by atoms with Gasteiger partial charge < -0.3 is 15.4 Å². The molecule has 1 atom stereocenters. The predicted molar refractivity (Wildman–Crippen MR) is 113 cm³/mol. The van der Waals surface area contributed by atoms with Gasteiger partial charge in [-0.25, -0.2) is 9.78 Å². The van der Waals surface area contributed by atoms with Crippen molar-refractivity contribution in [2.24, 2.45) is 0 Å². The van der Waals surface area contributed by atoms with Gasteiger partial charge in [-0.05, 0) is 70.4 Å². The molecule has 0 spiro atoms. The Morgan fingerprint density at radius 3 is 2.46 bits per heavy atom. The number of aryl methyl sites for hydroxylation is 1. The van der Waals surface area contributed by atoms with Crippen molar-refractivity contribution in [2.75, 3.05) is 5.32 Å². The first-order valence-electron chi connectivity index (χ1n) is 8.98. The van der Waals surface area contributed by atoms with Crippen LogP contribution in [0.25, 0.3) is 0 Å². The molecule has 0 bridgehead atoms. The highest BCUT2D eigenvalue weighted by molar-refractivity contribution is 5.95. The van der Waals surface area contributed by atoms with E-state index in [1.54, 1.807) is 33.8 Å². The first-order valence-corrected chi connectivity index (χ1v) is 8.98. The van der Waals surface area contributed by atoms with Crippen molar-refractivity contribution in [1.29, 1.82) is 0 Å². The highest BCUT2D eigenvalue weighted by Crippen LogP contribution is 2.11. The van der Waals surface area contributed by atoms with Gasteiger partial charge >= 0.3 is 6.09 Å². The van der Waals surface area contributed by atoms with Gasteiger partial charge in [-0.2, -0.15) is 0 Å². The molecule has 1 aromatic carbocycles. The highest BCUT2D eigenvalue weighted by atomic mass is 16.6. The predicted octanol–water partition coefficient (Wildman–Crippen LogP) is 4.13. The zero-order valence-corrected chi connectivity index (χ0v) is 16.8. The topological polar surface area (TPSA) is 80.3 Å². The lowest BCUT2D eigenvalue weighted by Crippen LogP contribution is -2.44. The summed E-state index contributed by atoms with van der Waals surface area (Å²) >= 11 is 0. The number of ether oxygens (including phenoxy) is 1. The fourth-order valence-corrected chi connectivity index (χ4v) is 2.24. The second-order valence-electron chi connectivity index (χ2n) is 7.39. The maximum Gasteiger partial charge on any atom is 0.408 e. The number of anilines is 1. The maximum absolute atomic E-state index is 12.4. The average Bonchev–Trinajstić information content (AvgIpc) is 2.58. The number of aromatic nitrogens is 1. The Kier molecular flexibility index (Phi) is 6.78. The summed E-state index contributed by atoms with van der Waals surface area (Å²) in [6.45, 7) is 8.74. The van der Waals surface area contributed by atoms with Gasteiger partial charge in [0.1, 0.15) is 23.2 Å². The van der Waals surface area contributed by atoms with Crippen LogP contribution in [0.5, 0.6) is 0 Å². The van der Waals surface area contributed by atoms with E-state index in [9.17, 15) is 9.59 Å². The lowest BCUT2D eigenvalue weighted by molar-refractivity contribution is -0.117. The van der Waals surface area contributed by atoms with E-state index < -0.39 is 23.6 Å². The molecule has 28 heavy (non-hydrogen) atoms. The molecular formula is C22H29N3O3. The van der Waals surface area contributed by atoms with E-state index in [1.165, 1.54) is 0 Å². The fraction of sp³-hybridized carbons (Fsp3) is 0.318. The molecule has 0 aliphatic heterocycles. The second-order valence-corrected chi connectivity index (χ2v) is 7.39. The summed E-state index contributed by atoms with van der Waals surface area (Å²) in [5.41, 5.74) is 1.71. The summed E-state index contributed by atoms with van der Waals surface area (Å²) in [7, 11) is 0. The van der Waals surface area contributed by atoms with E-state index >= 15 is 0 Å². The molecule has 0 saturated carbocycles. The average molecular weight is 383 g/mol. The zero-order chi connectivity index (χ0) is 20.7. The lowest BCUT2D eigenvalue weighted by atomic mass is 10.2. The van der Waals surface area contributed by atoms with Crippen LogP contribution in [0.3, 0.4) is 0 Å². The van der Waals surface area contributed by atoms with Gasteiger partial charge in [-0.3, -0.25) is 4.79 Å². The van der Waals surface area contributed by atoms with Crippen molar-refractivity contribution in [2.45, 2.75) is 46.3 Å². The summed E-state index contributed by atoms with van der Waals surface area (Å²) in [5.74, 6) is 6.02. The van der Waals surface area contributed by atoms with Gasteiger partial charge in [0.25, 0.3) is 0 Å². The number of pyridine rings is 1. The molecule has 2 rings (SSSR count). The van der Waals surface area contributed by atoms with E-state index in [4.69, 9.17) is 4.74 Å². The molecular weight excluding hydrogens is 354 g/mol. The zero-order valence-electron chi connectivity index (χ0n) is 16.8. The Morgan fingerprint density at radius 1 is 1.14 bits per heavy atom. The smallest absolute Gasteiger partial charge is 0.408 e. The number of alkyl carbamates (subject to hydrolysis) is 1. The molecule has 6 heteroatoms. The van der Waals surface area contributed by atoms with Gasteiger partial charge in [0, 0.05) is 8.42 Å². The van der Waals surface area contributed by atoms with E-state index in [0.717, 1.165) is 11.1 Å². The van der Waals surface area contributed by atoms with Crippen molar-refractivity contribution >= 4 is 17.8 Å². The summed E-state index contributed by atoms with van der Waals surface area (Å²) in [4.78, 5) is 28.5. The second kappa shape index (κ2) is 9.05. The van der Waals surface area contributed by atoms with Gasteiger partial charge in [-0.15, -0.1) is 0 Å². The Morgan fingerprint density at radius 2 is 1.82 bits per heavy atom. The molecule has 2 N–H and O–H groups in total. The van der Waals surface area contributed by atoms with Crippen molar-refractivity contribution in [3.63, 3.8) is 0 Å². The van der Waals surface area contributed by atoms with Crippen molar-refractivity contribution in [3.05, 3.63) is 59.3 Å². The molecule has 0 aliphatic carbocycles. The van der Waals surface area contributed by atoms with Crippen LogP contribution >= 0.6 is 0 Å². The number of hydrogen-bond acceptors (Lipinski definition) is 4. The Labute approximate surface area is 168 Å². The van der Waals surface area contributed by atoms with Gasteiger partial charge in [0.2, 0.25) is 5.91 Å². The minimum atomic E-state index is -0.781. The highest BCUT2D eigenvalue weighted by Gasteiger charge is 2.21. The first-order chi connectivity index (χ1) is 13.1. The first kappa shape index (κ1) is 21.0. The van der Waals surface area contributed by atoms with Gasteiger partial charge in [0.05, 0.1) is 0 Å². The van der Waals surface area contributed by atoms with Crippen LogP contribution in [0.15, 0.2) is 42.5 Å². The third-order valence-electron chi connectivity index (χ3n) is 3.46. The fourth-order valence-electron chi connectivity index (χ4n) is 2.24. The quantitative estimate of drug-likeness (QED) is 0.781. The Balaban J connectivity index is 0.00000420. The minimum absolute atomic E-state index is 0. The van der Waals surface area contributed by atoms with E-state index in [1.807, 2.05) is 43.3 Å². The van der Waals surface area contributed by atoms with Crippen molar-refractivity contribution in [3.8, 4) is 11.8 Å². The number of amides is 2. The third-order valence-corrected chi connectivity index (χ3v) is 3.46. The van der Waals surface area contributed by atoms with E-state index in [0.29, 0.717) is 11.5 Å². The molecule has 2 aromatic rings. The maximum atomic E-state index is 12.4. The number of rotatable bonds is 3. The molecule has 2 amide bonds. The van der Waals surface area contributed by atoms with Crippen molar-refractivity contribution < 1.29 is 17.2 Å². The number of carbonyl (C=O) groups excluding carboxylic acids is 2. The molecule has 0 saturated heterocycles. The monoisotopic (exact) mass is 383 g/mol. The van der Waals surface area contributed by atoms with Crippen LogP contribution < -0.4 is 10.6 Å². The summed E-state index contributed by atoms with van der Waals surface area (Å²) in [6.07, 6.45) is -0.651. The Hall–Kier alpha value is -3.33. The van der Waals surface area contributed by atoms with Gasteiger partial charge in [0.15, 0.2) is 0 Å². The molecule has 1 heterocycles. The normalized spacial score (nSPS) is 11.6. The number of nitrogens with one attached hydrogen (secondary N) is 2. The largest absolute Gasteiger partial charge is 0.444 e. The Bertz CT molecular complexity index is 917. The van der Waals surface area contributed by atoms with Crippen LogP contribution in [0.4, 0.5) is 10.6 Å². The minimum Gasteiger partial charge on any atom is -0.444 e.